The molecule has 0 radical (unpaired) electrons. The van der Waals surface area contributed by atoms with Crippen LogP contribution in [0.25, 0.3) is 0 Å². The Kier molecular flexibility index (Phi) is 3.20. The topological polar surface area (TPSA) is 40.5 Å². The zero-order valence-corrected chi connectivity index (χ0v) is 10.4. The predicted molar refractivity (Wildman–Crippen MR) is 66.4 cm³/mol. The minimum atomic E-state index is -0.798. The van der Waals surface area contributed by atoms with Crippen LogP contribution in [0.1, 0.15) is 25.8 Å². The van der Waals surface area contributed by atoms with E-state index in [9.17, 15) is 9.90 Å². The Morgan fingerprint density at radius 2 is 2.06 bits per heavy atom. The number of amides is 1. The second kappa shape index (κ2) is 4.49. The van der Waals surface area contributed by atoms with Gasteiger partial charge in [0.1, 0.15) is 0 Å². The molecule has 3 nitrogen and oxygen atoms in total. The van der Waals surface area contributed by atoms with Crippen molar-refractivity contribution in [3.8, 4) is 0 Å². The highest BCUT2D eigenvalue weighted by Crippen LogP contribution is 2.36. The van der Waals surface area contributed by atoms with Crippen molar-refractivity contribution in [2.75, 3.05) is 13.1 Å². The third-order valence-corrected chi connectivity index (χ3v) is 3.79. The average Bonchev–Trinajstić information content (AvgIpc) is 2.33. The molecule has 1 aromatic rings. The van der Waals surface area contributed by atoms with Crippen LogP contribution in [0.4, 0.5) is 0 Å². The normalized spacial score (nSPS) is 29.1. The van der Waals surface area contributed by atoms with E-state index >= 15 is 0 Å². The van der Waals surface area contributed by atoms with E-state index in [1.807, 2.05) is 42.2 Å². The summed E-state index contributed by atoms with van der Waals surface area (Å²) in [6.07, 6.45) is 0.609. The smallest absolute Gasteiger partial charge is 0.219 e. The Morgan fingerprint density at radius 1 is 1.41 bits per heavy atom. The van der Waals surface area contributed by atoms with Crippen molar-refractivity contribution in [1.29, 1.82) is 0 Å². The highest BCUT2D eigenvalue weighted by atomic mass is 16.3. The molecule has 1 aliphatic rings. The maximum absolute atomic E-state index is 11.3. The zero-order chi connectivity index (χ0) is 12.5. The summed E-state index contributed by atoms with van der Waals surface area (Å²) >= 11 is 0. The van der Waals surface area contributed by atoms with E-state index < -0.39 is 5.60 Å². The molecule has 1 saturated heterocycles. The fourth-order valence-electron chi connectivity index (χ4n) is 2.57. The van der Waals surface area contributed by atoms with Crippen LogP contribution < -0.4 is 0 Å². The molecule has 0 aliphatic carbocycles. The van der Waals surface area contributed by atoms with Gasteiger partial charge in [0.15, 0.2) is 0 Å². The number of carbonyl (C=O) groups is 1. The van der Waals surface area contributed by atoms with Gasteiger partial charge in [-0.1, -0.05) is 37.3 Å². The number of benzene rings is 1. The lowest BCUT2D eigenvalue weighted by Gasteiger charge is -2.43. The summed E-state index contributed by atoms with van der Waals surface area (Å²) in [5, 5.41) is 10.8. The maximum Gasteiger partial charge on any atom is 0.219 e. The number of hydrogen-bond donors (Lipinski definition) is 1. The van der Waals surface area contributed by atoms with Crippen LogP contribution >= 0.6 is 0 Å². The van der Waals surface area contributed by atoms with Gasteiger partial charge in [0.25, 0.3) is 0 Å². The van der Waals surface area contributed by atoms with Crippen molar-refractivity contribution in [1.82, 2.24) is 4.90 Å². The molecule has 0 spiro atoms. The average molecular weight is 233 g/mol. The largest absolute Gasteiger partial charge is 0.385 e. The molecule has 0 unspecified atom stereocenters. The highest BCUT2D eigenvalue weighted by Gasteiger charge is 2.40. The zero-order valence-electron chi connectivity index (χ0n) is 10.4. The first-order valence-electron chi connectivity index (χ1n) is 6.07. The van der Waals surface area contributed by atoms with Crippen molar-refractivity contribution in [3.63, 3.8) is 0 Å². The highest BCUT2D eigenvalue weighted by molar-refractivity contribution is 5.73. The Labute approximate surface area is 102 Å². The molecule has 17 heavy (non-hydrogen) atoms. The van der Waals surface area contributed by atoms with Gasteiger partial charge in [0.2, 0.25) is 5.91 Å². The quantitative estimate of drug-likeness (QED) is 0.803. The van der Waals surface area contributed by atoms with Gasteiger partial charge in [-0.2, -0.15) is 0 Å². The molecule has 92 valence electrons. The third-order valence-electron chi connectivity index (χ3n) is 3.79. The second-order valence-electron chi connectivity index (χ2n) is 4.91. The van der Waals surface area contributed by atoms with Crippen LogP contribution in [0, 0.1) is 5.92 Å². The predicted octanol–water partition coefficient (Wildman–Crippen LogP) is 1.76. The van der Waals surface area contributed by atoms with Gasteiger partial charge in [-0.15, -0.1) is 0 Å². The summed E-state index contributed by atoms with van der Waals surface area (Å²) in [6, 6.07) is 9.75. The van der Waals surface area contributed by atoms with Gasteiger partial charge in [-0.3, -0.25) is 4.79 Å². The number of carbonyl (C=O) groups excluding carboxylic acids is 1. The maximum atomic E-state index is 11.3. The van der Waals surface area contributed by atoms with Crippen LogP contribution in [0.3, 0.4) is 0 Å². The molecule has 2 atom stereocenters. The fraction of sp³-hybridized carbons (Fsp3) is 0.500. The van der Waals surface area contributed by atoms with E-state index in [1.54, 1.807) is 6.92 Å². The van der Waals surface area contributed by atoms with E-state index in [4.69, 9.17) is 0 Å². The molecule has 1 amide bonds. The fourth-order valence-corrected chi connectivity index (χ4v) is 2.57. The molecule has 3 heteroatoms. The molecular weight excluding hydrogens is 214 g/mol. The lowest BCUT2D eigenvalue weighted by atomic mass is 9.77. The van der Waals surface area contributed by atoms with Crippen LogP contribution in [-0.4, -0.2) is 29.0 Å². The Bertz CT molecular complexity index is 404. The van der Waals surface area contributed by atoms with Crippen molar-refractivity contribution in [3.05, 3.63) is 35.9 Å². The van der Waals surface area contributed by atoms with Crippen molar-refractivity contribution in [2.24, 2.45) is 5.92 Å². The van der Waals surface area contributed by atoms with E-state index in [1.165, 1.54) is 0 Å². The molecular formula is C14H19NO2. The lowest BCUT2D eigenvalue weighted by Crippen LogP contribution is -2.50. The molecule has 1 aromatic carbocycles. The van der Waals surface area contributed by atoms with Crippen molar-refractivity contribution >= 4 is 5.91 Å². The summed E-state index contributed by atoms with van der Waals surface area (Å²) < 4.78 is 0. The molecule has 1 fully saturated rings. The first-order valence-corrected chi connectivity index (χ1v) is 6.07. The summed E-state index contributed by atoms with van der Waals surface area (Å²) in [6.45, 7) is 4.84. The van der Waals surface area contributed by atoms with Crippen LogP contribution in [0.2, 0.25) is 0 Å². The number of piperidine rings is 1. The van der Waals surface area contributed by atoms with Gasteiger partial charge in [0, 0.05) is 25.9 Å². The van der Waals surface area contributed by atoms with Crippen LogP contribution in [0.5, 0.6) is 0 Å². The Morgan fingerprint density at radius 3 is 2.59 bits per heavy atom. The number of aliphatic hydroxyl groups is 1. The summed E-state index contributed by atoms with van der Waals surface area (Å²) in [5.74, 6) is 0.148. The molecule has 0 aromatic heterocycles. The lowest BCUT2D eigenvalue weighted by molar-refractivity contribution is -0.137. The standard InChI is InChI=1S/C14H19NO2/c1-11-10-15(12(2)16)9-8-14(11,17)13-6-4-3-5-7-13/h3-7,11,17H,8-10H2,1-2H3/t11-,14+/m0/s1. The van der Waals surface area contributed by atoms with Gasteiger partial charge in [0.05, 0.1) is 5.60 Å². The monoisotopic (exact) mass is 233 g/mol. The Hall–Kier alpha value is -1.35. The summed E-state index contributed by atoms with van der Waals surface area (Å²) in [4.78, 5) is 13.1. The van der Waals surface area contributed by atoms with Crippen molar-refractivity contribution in [2.45, 2.75) is 25.9 Å². The van der Waals surface area contributed by atoms with Gasteiger partial charge in [-0.05, 0) is 12.0 Å². The first kappa shape index (κ1) is 12.1. The minimum Gasteiger partial charge on any atom is -0.385 e. The van der Waals surface area contributed by atoms with E-state index in [2.05, 4.69) is 0 Å². The molecule has 1 N–H and O–H groups in total. The van der Waals surface area contributed by atoms with Crippen LogP contribution in [0.15, 0.2) is 30.3 Å². The van der Waals surface area contributed by atoms with Gasteiger partial charge < -0.3 is 10.0 Å². The molecule has 0 saturated carbocycles. The third kappa shape index (κ3) is 2.20. The number of nitrogens with zero attached hydrogens (tertiary/aromatic N) is 1. The molecule has 1 heterocycles. The first-order chi connectivity index (χ1) is 8.04. The number of rotatable bonds is 1. The molecule has 0 bridgehead atoms. The molecule has 2 rings (SSSR count). The number of likely N-dealkylation sites (tertiary alicyclic amines) is 1. The molecule has 1 aliphatic heterocycles. The summed E-state index contributed by atoms with van der Waals surface area (Å²) in [5.41, 5.74) is 0.156. The second-order valence-corrected chi connectivity index (χ2v) is 4.91. The minimum absolute atomic E-state index is 0.0579. The SMILES string of the molecule is CC(=O)N1CC[C@](O)(c2ccccc2)[C@@H](C)C1. The van der Waals surface area contributed by atoms with Gasteiger partial charge >= 0.3 is 0 Å². The van der Waals surface area contributed by atoms with Gasteiger partial charge in [-0.25, -0.2) is 0 Å². The van der Waals surface area contributed by atoms with E-state index in [0.717, 1.165) is 5.56 Å². The summed E-state index contributed by atoms with van der Waals surface area (Å²) in [7, 11) is 0. The van der Waals surface area contributed by atoms with E-state index in [-0.39, 0.29) is 11.8 Å². The Balaban J connectivity index is 2.21. The van der Waals surface area contributed by atoms with E-state index in [0.29, 0.717) is 19.5 Å². The van der Waals surface area contributed by atoms with Crippen molar-refractivity contribution < 1.29 is 9.90 Å². The number of hydrogen-bond acceptors (Lipinski definition) is 2. The van der Waals surface area contributed by atoms with Crippen LogP contribution in [-0.2, 0) is 10.4 Å².